The molecule has 0 saturated carbocycles. The SMILES string of the molecule is CCC(NC(=O)NCC1(O)CCSC1)c1cc(F)ccc1F. The van der Waals surface area contributed by atoms with Crippen LogP contribution >= 0.6 is 11.8 Å². The number of hydrogen-bond acceptors (Lipinski definition) is 3. The average Bonchev–Trinajstić information content (AvgIpc) is 2.93. The van der Waals surface area contributed by atoms with E-state index >= 15 is 0 Å². The van der Waals surface area contributed by atoms with E-state index in [4.69, 9.17) is 0 Å². The number of thioether (sulfide) groups is 1. The fraction of sp³-hybridized carbons (Fsp3) is 0.533. The van der Waals surface area contributed by atoms with Gasteiger partial charge in [-0.15, -0.1) is 0 Å². The van der Waals surface area contributed by atoms with E-state index in [1.165, 1.54) is 0 Å². The van der Waals surface area contributed by atoms with Gasteiger partial charge in [0.15, 0.2) is 0 Å². The van der Waals surface area contributed by atoms with Gasteiger partial charge in [-0.1, -0.05) is 6.92 Å². The Labute approximate surface area is 132 Å². The quantitative estimate of drug-likeness (QED) is 0.778. The van der Waals surface area contributed by atoms with Gasteiger partial charge in [-0.2, -0.15) is 11.8 Å². The molecule has 0 bridgehead atoms. The number of halogens is 2. The highest BCUT2D eigenvalue weighted by Crippen LogP contribution is 2.27. The fourth-order valence-electron chi connectivity index (χ4n) is 2.37. The number of nitrogens with one attached hydrogen (secondary N) is 2. The van der Waals surface area contributed by atoms with Crippen LogP contribution in [0.4, 0.5) is 13.6 Å². The van der Waals surface area contributed by atoms with Gasteiger partial charge in [-0.05, 0) is 36.8 Å². The minimum absolute atomic E-state index is 0.118. The summed E-state index contributed by atoms with van der Waals surface area (Å²) in [5, 5.41) is 15.4. The standard InChI is InChI=1S/C15H20F2N2O2S/c1-2-13(11-7-10(16)3-4-12(11)17)19-14(20)18-8-15(21)5-6-22-9-15/h3-4,7,13,21H,2,5-6,8-9H2,1H3,(H2,18,19,20). The lowest BCUT2D eigenvalue weighted by Crippen LogP contribution is -2.47. The van der Waals surface area contributed by atoms with Crippen molar-refractivity contribution < 1.29 is 18.7 Å². The molecular weight excluding hydrogens is 310 g/mol. The second kappa shape index (κ2) is 7.28. The number of carbonyl (C=O) groups excluding carboxylic acids is 1. The number of carbonyl (C=O) groups is 1. The zero-order valence-electron chi connectivity index (χ0n) is 12.4. The molecule has 1 aromatic carbocycles. The van der Waals surface area contributed by atoms with Crippen LogP contribution in [-0.4, -0.2) is 34.8 Å². The molecule has 1 aliphatic rings. The van der Waals surface area contributed by atoms with Crippen LogP contribution < -0.4 is 10.6 Å². The molecule has 7 heteroatoms. The average molecular weight is 330 g/mol. The van der Waals surface area contributed by atoms with Gasteiger partial charge in [0.2, 0.25) is 0 Å². The van der Waals surface area contributed by atoms with Crippen molar-refractivity contribution in [3.8, 4) is 0 Å². The Morgan fingerprint density at radius 3 is 2.91 bits per heavy atom. The number of amides is 2. The lowest BCUT2D eigenvalue weighted by atomic mass is 10.0. The van der Waals surface area contributed by atoms with Crippen LogP contribution in [-0.2, 0) is 0 Å². The Morgan fingerprint density at radius 1 is 1.50 bits per heavy atom. The largest absolute Gasteiger partial charge is 0.387 e. The summed E-state index contributed by atoms with van der Waals surface area (Å²) in [6.07, 6.45) is 1.06. The molecule has 3 N–H and O–H groups in total. The van der Waals surface area contributed by atoms with E-state index < -0.39 is 29.3 Å². The molecule has 1 heterocycles. The summed E-state index contributed by atoms with van der Waals surface area (Å²) in [6, 6.07) is 2.05. The Hall–Kier alpha value is -1.34. The molecule has 1 saturated heterocycles. The van der Waals surface area contributed by atoms with Crippen LogP contribution in [0.25, 0.3) is 0 Å². The lowest BCUT2D eigenvalue weighted by molar-refractivity contribution is 0.0698. The zero-order chi connectivity index (χ0) is 16.2. The third-order valence-electron chi connectivity index (χ3n) is 3.71. The topological polar surface area (TPSA) is 61.4 Å². The van der Waals surface area contributed by atoms with E-state index in [9.17, 15) is 18.7 Å². The van der Waals surface area contributed by atoms with Crippen molar-refractivity contribution in [3.63, 3.8) is 0 Å². The summed E-state index contributed by atoms with van der Waals surface area (Å²) in [6.45, 7) is 1.92. The number of hydrogen-bond donors (Lipinski definition) is 3. The molecule has 0 radical (unpaired) electrons. The highest BCUT2D eigenvalue weighted by Gasteiger charge is 2.32. The minimum atomic E-state index is -0.881. The highest BCUT2D eigenvalue weighted by molar-refractivity contribution is 7.99. The summed E-state index contributed by atoms with van der Waals surface area (Å²) >= 11 is 1.64. The maximum Gasteiger partial charge on any atom is 0.315 e. The van der Waals surface area contributed by atoms with Crippen LogP contribution in [0.15, 0.2) is 18.2 Å². The van der Waals surface area contributed by atoms with Crippen molar-refractivity contribution in [3.05, 3.63) is 35.4 Å². The number of urea groups is 1. The molecular formula is C15H20F2N2O2S. The van der Waals surface area contributed by atoms with Gasteiger partial charge in [0.1, 0.15) is 11.6 Å². The van der Waals surface area contributed by atoms with Gasteiger partial charge in [-0.3, -0.25) is 0 Å². The van der Waals surface area contributed by atoms with Crippen LogP contribution in [0.5, 0.6) is 0 Å². The first-order chi connectivity index (χ1) is 10.4. The molecule has 1 aliphatic heterocycles. The molecule has 0 spiro atoms. The molecule has 2 rings (SSSR count). The molecule has 1 fully saturated rings. The predicted molar refractivity (Wildman–Crippen MR) is 82.8 cm³/mol. The minimum Gasteiger partial charge on any atom is -0.387 e. The van der Waals surface area contributed by atoms with E-state index in [1.807, 2.05) is 0 Å². The Morgan fingerprint density at radius 2 is 2.27 bits per heavy atom. The molecule has 2 amide bonds. The van der Waals surface area contributed by atoms with Crippen molar-refractivity contribution in [1.82, 2.24) is 10.6 Å². The Balaban J connectivity index is 1.94. The monoisotopic (exact) mass is 330 g/mol. The van der Waals surface area contributed by atoms with Crippen molar-refractivity contribution in [1.29, 1.82) is 0 Å². The second-order valence-corrected chi connectivity index (χ2v) is 6.59. The molecule has 2 unspecified atom stereocenters. The van der Waals surface area contributed by atoms with E-state index in [-0.39, 0.29) is 12.1 Å². The van der Waals surface area contributed by atoms with E-state index in [2.05, 4.69) is 10.6 Å². The zero-order valence-corrected chi connectivity index (χ0v) is 13.2. The summed E-state index contributed by atoms with van der Waals surface area (Å²) in [5.41, 5.74) is -0.763. The number of benzene rings is 1. The Kier molecular flexibility index (Phi) is 5.63. The Bertz CT molecular complexity index is 536. The van der Waals surface area contributed by atoms with Gasteiger partial charge < -0.3 is 15.7 Å². The highest BCUT2D eigenvalue weighted by atomic mass is 32.2. The lowest BCUT2D eigenvalue weighted by Gasteiger charge is -2.23. The van der Waals surface area contributed by atoms with Crippen molar-refractivity contribution >= 4 is 17.8 Å². The van der Waals surface area contributed by atoms with Crippen LogP contribution in [0, 0.1) is 11.6 Å². The third kappa shape index (κ3) is 4.33. The maximum atomic E-state index is 13.8. The summed E-state index contributed by atoms with van der Waals surface area (Å²) in [5.74, 6) is 0.350. The van der Waals surface area contributed by atoms with Gasteiger partial charge in [-0.25, -0.2) is 13.6 Å². The number of aliphatic hydroxyl groups is 1. The molecule has 122 valence electrons. The van der Waals surface area contributed by atoms with Gasteiger partial charge in [0.25, 0.3) is 0 Å². The molecule has 22 heavy (non-hydrogen) atoms. The number of rotatable bonds is 5. The van der Waals surface area contributed by atoms with Crippen molar-refractivity contribution in [2.45, 2.75) is 31.4 Å². The third-order valence-corrected chi connectivity index (χ3v) is 4.94. The molecule has 2 atom stereocenters. The smallest absolute Gasteiger partial charge is 0.315 e. The first-order valence-electron chi connectivity index (χ1n) is 7.23. The van der Waals surface area contributed by atoms with Gasteiger partial charge in [0.05, 0.1) is 11.6 Å². The van der Waals surface area contributed by atoms with Gasteiger partial charge in [0, 0.05) is 17.9 Å². The van der Waals surface area contributed by atoms with E-state index in [1.54, 1.807) is 18.7 Å². The van der Waals surface area contributed by atoms with Crippen molar-refractivity contribution in [2.24, 2.45) is 0 Å². The summed E-state index contributed by atoms with van der Waals surface area (Å²) in [4.78, 5) is 11.9. The molecule has 1 aromatic rings. The normalized spacial score (nSPS) is 22.4. The first kappa shape index (κ1) is 17.0. The van der Waals surface area contributed by atoms with Crippen LogP contribution in [0.3, 0.4) is 0 Å². The molecule has 0 aliphatic carbocycles. The van der Waals surface area contributed by atoms with Crippen molar-refractivity contribution in [2.75, 3.05) is 18.1 Å². The first-order valence-corrected chi connectivity index (χ1v) is 8.38. The maximum absolute atomic E-state index is 13.8. The predicted octanol–water partition coefficient (Wildman–Crippen LogP) is 2.58. The summed E-state index contributed by atoms with van der Waals surface area (Å²) in [7, 11) is 0. The van der Waals surface area contributed by atoms with Crippen LogP contribution in [0.2, 0.25) is 0 Å². The summed E-state index contributed by atoms with van der Waals surface area (Å²) < 4.78 is 27.0. The van der Waals surface area contributed by atoms with E-state index in [0.717, 1.165) is 24.0 Å². The van der Waals surface area contributed by atoms with Gasteiger partial charge >= 0.3 is 6.03 Å². The second-order valence-electron chi connectivity index (χ2n) is 5.48. The van der Waals surface area contributed by atoms with E-state index in [0.29, 0.717) is 18.6 Å². The fourth-order valence-corrected chi connectivity index (χ4v) is 3.67. The van der Waals surface area contributed by atoms with Crippen LogP contribution in [0.1, 0.15) is 31.4 Å². The molecule has 4 nitrogen and oxygen atoms in total. The molecule has 0 aromatic heterocycles.